The van der Waals surface area contributed by atoms with Crippen molar-refractivity contribution in [2.24, 2.45) is 0 Å². The van der Waals surface area contributed by atoms with Gasteiger partial charge in [-0.15, -0.1) is 0 Å². The van der Waals surface area contributed by atoms with Gasteiger partial charge in [0.25, 0.3) is 5.91 Å². The second-order valence-electron chi connectivity index (χ2n) is 4.95. The second-order valence-corrected chi connectivity index (χ2v) is 6.88. The first-order valence-corrected chi connectivity index (χ1v) is 8.70. The fourth-order valence-corrected chi connectivity index (χ4v) is 3.61. The fraction of sp³-hybridized carbons (Fsp3) is 0.533. The molecule has 0 radical (unpaired) electrons. The summed E-state index contributed by atoms with van der Waals surface area (Å²) in [5.74, 6) is -0.318. The Morgan fingerprint density at radius 3 is 2.50 bits per heavy atom. The largest absolute Gasteiger partial charge is 0.383 e. The van der Waals surface area contributed by atoms with Crippen molar-refractivity contribution in [3.63, 3.8) is 0 Å². The van der Waals surface area contributed by atoms with Gasteiger partial charge in [-0.2, -0.15) is 4.31 Å². The molecular weight excluding hydrogens is 304 g/mol. The van der Waals surface area contributed by atoms with Crippen molar-refractivity contribution in [1.29, 1.82) is 0 Å². The molecule has 0 bridgehead atoms. The first kappa shape index (κ1) is 18.6. The summed E-state index contributed by atoms with van der Waals surface area (Å²) in [6.07, 6.45) is 0. The van der Waals surface area contributed by atoms with Crippen LogP contribution in [0.3, 0.4) is 0 Å². The zero-order valence-corrected chi connectivity index (χ0v) is 14.3. The predicted octanol–water partition coefficient (Wildman–Crippen LogP) is 1.48. The summed E-state index contributed by atoms with van der Waals surface area (Å²) in [5, 5.41) is 2.76. The molecule has 1 aromatic rings. The predicted molar refractivity (Wildman–Crippen MR) is 85.4 cm³/mol. The lowest BCUT2D eigenvalue weighted by molar-refractivity contribution is 0.0905. The Kier molecular flexibility index (Phi) is 6.99. The first-order valence-electron chi connectivity index (χ1n) is 7.26. The lowest BCUT2D eigenvalue weighted by Gasteiger charge is -2.19. The summed E-state index contributed by atoms with van der Waals surface area (Å²) >= 11 is 0. The highest BCUT2D eigenvalue weighted by molar-refractivity contribution is 7.89. The minimum Gasteiger partial charge on any atom is -0.383 e. The van der Waals surface area contributed by atoms with Crippen molar-refractivity contribution in [3.8, 4) is 0 Å². The van der Waals surface area contributed by atoms with Crippen LogP contribution in [0.15, 0.2) is 29.2 Å². The van der Waals surface area contributed by atoms with Crippen LogP contribution in [-0.4, -0.2) is 51.5 Å². The second kappa shape index (κ2) is 8.26. The number of hydrogen-bond donors (Lipinski definition) is 1. The van der Waals surface area contributed by atoms with E-state index in [-0.39, 0.29) is 16.8 Å². The first-order chi connectivity index (χ1) is 10.4. The molecule has 1 rings (SSSR count). The molecule has 0 aromatic heterocycles. The van der Waals surface area contributed by atoms with Crippen LogP contribution in [0.4, 0.5) is 0 Å². The minimum absolute atomic E-state index is 0.128. The topological polar surface area (TPSA) is 75.7 Å². The number of hydrogen-bond acceptors (Lipinski definition) is 4. The molecule has 1 atom stereocenters. The van der Waals surface area contributed by atoms with E-state index in [1.807, 2.05) is 6.92 Å². The number of ether oxygens (including phenoxy) is 1. The normalized spacial score (nSPS) is 13.1. The van der Waals surface area contributed by atoms with E-state index in [0.717, 1.165) is 0 Å². The van der Waals surface area contributed by atoms with Crippen molar-refractivity contribution in [2.45, 2.75) is 31.7 Å². The van der Waals surface area contributed by atoms with Gasteiger partial charge in [-0.25, -0.2) is 8.42 Å². The van der Waals surface area contributed by atoms with E-state index in [1.165, 1.54) is 16.4 Å². The summed E-state index contributed by atoms with van der Waals surface area (Å²) < 4.78 is 31.3. The van der Waals surface area contributed by atoms with E-state index in [2.05, 4.69) is 5.32 Å². The third-order valence-electron chi connectivity index (χ3n) is 3.23. The van der Waals surface area contributed by atoms with E-state index in [1.54, 1.807) is 33.1 Å². The van der Waals surface area contributed by atoms with Gasteiger partial charge in [-0.05, 0) is 25.1 Å². The zero-order chi connectivity index (χ0) is 16.8. The summed E-state index contributed by atoms with van der Waals surface area (Å²) in [6, 6.07) is 5.93. The van der Waals surface area contributed by atoms with E-state index >= 15 is 0 Å². The number of sulfonamides is 1. The van der Waals surface area contributed by atoms with Crippen molar-refractivity contribution < 1.29 is 17.9 Å². The highest BCUT2D eigenvalue weighted by Gasteiger charge is 2.22. The number of nitrogens with one attached hydrogen (secondary N) is 1. The van der Waals surface area contributed by atoms with Gasteiger partial charge < -0.3 is 10.1 Å². The third kappa shape index (κ3) is 4.53. The standard InChI is InChI=1S/C15H24N2O4S/c1-5-17(6-2)22(19,20)14-9-7-8-13(10-14)15(18)16-12(3)11-21-4/h7-10,12H,5-6,11H2,1-4H3,(H,16,18). The Labute approximate surface area is 132 Å². The Bertz CT molecular complexity index is 597. The quantitative estimate of drug-likeness (QED) is 0.784. The van der Waals surface area contributed by atoms with Crippen LogP contribution in [0.25, 0.3) is 0 Å². The molecule has 0 aliphatic heterocycles. The van der Waals surface area contributed by atoms with Crippen molar-refractivity contribution >= 4 is 15.9 Å². The summed E-state index contributed by atoms with van der Waals surface area (Å²) in [5.41, 5.74) is 0.316. The number of rotatable bonds is 8. The van der Waals surface area contributed by atoms with Crippen LogP contribution in [-0.2, 0) is 14.8 Å². The lowest BCUT2D eigenvalue weighted by atomic mass is 10.2. The van der Waals surface area contributed by atoms with Crippen LogP contribution < -0.4 is 5.32 Å². The number of nitrogens with zero attached hydrogens (tertiary/aromatic N) is 1. The van der Waals surface area contributed by atoms with Gasteiger partial charge in [0.15, 0.2) is 0 Å². The van der Waals surface area contributed by atoms with E-state index in [9.17, 15) is 13.2 Å². The highest BCUT2D eigenvalue weighted by atomic mass is 32.2. The number of carbonyl (C=O) groups excluding carboxylic acids is 1. The van der Waals surface area contributed by atoms with Crippen LogP contribution in [0.5, 0.6) is 0 Å². The Morgan fingerprint density at radius 1 is 1.32 bits per heavy atom. The molecule has 7 heteroatoms. The van der Waals surface area contributed by atoms with Crippen LogP contribution in [0.1, 0.15) is 31.1 Å². The minimum atomic E-state index is -3.57. The Balaban J connectivity index is 3.02. The molecule has 0 aliphatic carbocycles. The van der Waals surface area contributed by atoms with Crippen LogP contribution in [0, 0.1) is 0 Å². The SMILES string of the molecule is CCN(CC)S(=O)(=O)c1cccc(C(=O)NC(C)COC)c1. The Morgan fingerprint density at radius 2 is 1.95 bits per heavy atom. The molecule has 6 nitrogen and oxygen atoms in total. The molecule has 1 unspecified atom stereocenters. The molecule has 0 heterocycles. The van der Waals surface area contributed by atoms with Crippen molar-refractivity contribution in [2.75, 3.05) is 26.8 Å². The average molecular weight is 328 g/mol. The average Bonchev–Trinajstić information content (AvgIpc) is 2.48. The summed E-state index contributed by atoms with van der Waals surface area (Å²) in [7, 11) is -2.01. The molecule has 22 heavy (non-hydrogen) atoms. The highest BCUT2D eigenvalue weighted by Crippen LogP contribution is 2.17. The summed E-state index contributed by atoms with van der Waals surface area (Å²) in [6.45, 7) is 6.55. The van der Waals surface area contributed by atoms with Gasteiger partial charge in [-0.1, -0.05) is 19.9 Å². The van der Waals surface area contributed by atoms with Gasteiger partial charge in [0.2, 0.25) is 10.0 Å². The molecule has 0 saturated heterocycles. The van der Waals surface area contributed by atoms with Gasteiger partial charge in [0.05, 0.1) is 11.5 Å². The molecule has 0 spiro atoms. The van der Waals surface area contributed by atoms with Gasteiger partial charge in [-0.3, -0.25) is 4.79 Å². The fourth-order valence-electron chi connectivity index (χ4n) is 2.11. The van der Waals surface area contributed by atoms with Gasteiger partial charge in [0, 0.05) is 31.8 Å². The zero-order valence-electron chi connectivity index (χ0n) is 13.5. The van der Waals surface area contributed by atoms with Gasteiger partial charge >= 0.3 is 0 Å². The number of amides is 1. The number of benzene rings is 1. The van der Waals surface area contributed by atoms with Gasteiger partial charge in [0.1, 0.15) is 0 Å². The molecule has 124 valence electrons. The maximum Gasteiger partial charge on any atom is 0.251 e. The van der Waals surface area contributed by atoms with Crippen LogP contribution >= 0.6 is 0 Å². The van der Waals surface area contributed by atoms with E-state index in [0.29, 0.717) is 25.3 Å². The molecule has 1 aromatic carbocycles. The third-order valence-corrected chi connectivity index (χ3v) is 5.28. The van der Waals surface area contributed by atoms with E-state index in [4.69, 9.17) is 4.74 Å². The molecule has 0 aliphatic rings. The van der Waals surface area contributed by atoms with E-state index < -0.39 is 10.0 Å². The molecule has 0 saturated carbocycles. The number of carbonyl (C=O) groups is 1. The molecule has 1 N–H and O–H groups in total. The molecule has 1 amide bonds. The summed E-state index contributed by atoms with van der Waals surface area (Å²) in [4.78, 5) is 12.3. The molecular formula is C15H24N2O4S. The molecule has 0 fully saturated rings. The van der Waals surface area contributed by atoms with Crippen molar-refractivity contribution in [3.05, 3.63) is 29.8 Å². The maximum absolute atomic E-state index is 12.5. The number of methoxy groups -OCH3 is 1. The lowest BCUT2D eigenvalue weighted by Crippen LogP contribution is -2.36. The monoisotopic (exact) mass is 328 g/mol. The van der Waals surface area contributed by atoms with Crippen molar-refractivity contribution in [1.82, 2.24) is 9.62 Å². The smallest absolute Gasteiger partial charge is 0.251 e. The maximum atomic E-state index is 12.5. The Hall–Kier alpha value is -1.44. The van der Waals surface area contributed by atoms with Crippen LogP contribution in [0.2, 0.25) is 0 Å².